The summed E-state index contributed by atoms with van der Waals surface area (Å²) < 4.78 is 16.3. The lowest BCUT2D eigenvalue weighted by Crippen LogP contribution is -2.54. The molecule has 5 heteroatoms. The summed E-state index contributed by atoms with van der Waals surface area (Å²) in [5.41, 5.74) is 2.05. The predicted molar refractivity (Wildman–Crippen MR) is 81.5 cm³/mol. The van der Waals surface area contributed by atoms with E-state index < -0.39 is 5.72 Å². The Balaban J connectivity index is 1.94. The Labute approximate surface area is 130 Å². The minimum absolute atomic E-state index is 0.00811. The number of benzene rings is 1. The second-order valence-corrected chi connectivity index (χ2v) is 5.92. The fraction of sp³-hybridized carbons (Fsp3) is 0.471. The number of para-hydroxylation sites is 1. The Morgan fingerprint density at radius 3 is 2.95 bits per heavy atom. The number of fused-ring (bicyclic) bond motifs is 4. The van der Waals surface area contributed by atoms with Crippen LogP contribution in [-0.4, -0.2) is 32.0 Å². The number of methoxy groups -OCH3 is 1. The van der Waals surface area contributed by atoms with Gasteiger partial charge in [-0.05, 0) is 19.9 Å². The van der Waals surface area contributed by atoms with Crippen molar-refractivity contribution in [1.82, 2.24) is 5.32 Å². The quantitative estimate of drug-likeness (QED) is 0.683. The molecule has 0 radical (unpaired) electrons. The fourth-order valence-corrected chi connectivity index (χ4v) is 3.30. The van der Waals surface area contributed by atoms with Gasteiger partial charge in [-0.3, -0.25) is 0 Å². The first-order valence-corrected chi connectivity index (χ1v) is 7.47. The number of allylic oxidation sites excluding steroid dienone is 1. The van der Waals surface area contributed by atoms with Gasteiger partial charge in [-0.1, -0.05) is 18.2 Å². The van der Waals surface area contributed by atoms with Crippen LogP contribution in [0.5, 0.6) is 5.75 Å². The molecule has 2 aliphatic heterocycles. The monoisotopic (exact) mass is 303 g/mol. The van der Waals surface area contributed by atoms with Crippen LogP contribution in [0, 0.1) is 0 Å². The van der Waals surface area contributed by atoms with Crippen LogP contribution in [0.25, 0.3) is 0 Å². The molecule has 5 nitrogen and oxygen atoms in total. The van der Waals surface area contributed by atoms with E-state index in [2.05, 4.69) is 5.32 Å². The molecular formula is C17H21NO4. The maximum Gasteiger partial charge on any atom is 0.336 e. The molecule has 0 saturated heterocycles. The van der Waals surface area contributed by atoms with Gasteiger partial charge in [-0.15, -0.1) is 0 Å². The highest BCUT2D eigenvalue weighted by Crippen LogP contribution is 2.47. The third-order valence-corrected chi connectivity index (χ3v) is 4.17. The topological polar surface area (TPSA) is 56.8 Å². The number of hydrogen-bond acceptors (Lipinski definition) is 5. The van der Waals surface area contributed by atoms with E-state index >= 15 is 0 Å². The highest BCUT2D eigenvalue weighted by atomic mass is 16.6. The lowest BCUT2D eigenvalue weighted by atomic mass is 9.78. The van der Waals surface area contributed by atoms with E-state index in [9.17, 15) is 4.79 Å². The van der Waals surface area contributed by atoms with E-state index in [-0.39, 0.29) is 18.5 Å². The third kappa shape index (κ3) is 2.57. The number of ether oxygens (including phenoxy) is 3. The summed E-state index contributed by atoms with van der Waals surface area (Å²) in [5, 5.41) is 3.31. The lowest BCUT2D eigenvalue weighted by molar-refractivity contribution is -0.141. The summed E-state index contributed by atoms with van der Waals surface area (Å²) in [6, 6.07) is 7.86. The van der Waals surface area contributed by atoms with Crippen LogP contribution in [-0.2, 0) is 14.3 Å². The molecule has 22 heavy (non-hydrogen) atoms. The van der Waals surface area contributed by atoms with Crippen molar-refractivity contribution in [1.29, 1.82) is 0 Å². The molecule has 0 amide bonds. The first-order chi connectivity index (χ1) is 10.5. The van der Waals surface area contributed by atoms with Gasteiger partial charge in [0.05, 0.1) is 12.2 Å². The fourth-order valence-electron chi connectivity index (χ4n) is 3.30. The van der Waals surface area contributed by atoms with Gasteiger partial charge in [-0.25, -0.2) is 4.79 Å². The van der Waals surface area contributed by atoms with E-state index in [1.165, 1.54) is 0 Å². The Morgan fingerprint density at radius 1 is 1.41 bits per heavy atom. The van der Waals surface area contributed by atoms with Gasteiger partial charge in [0.25, 0.3) is 0 Å². The van der Waals surface area contributed by atoms with Crippen molar-refractivity contribution in [3.05, 3.63) is 41.1 Å². The zero-order chi connectivity index (χ0) is 15.7. The molecule has 0 unspecified atom stereocenters. The first kappa shape index (κ1) is 14.9. The molecule has 2 heterocycles. The molecule has 0 saturated carbocycles. The second-order valence-electron chi connectivity index (χ2n) is 5.92. The zero-order valence-corrected chi connectivity index (χ0v) is 13.1. The minimum Gasteiger partial charge on any atom is -0.468 e. The molecule has 1 N–H and O–H groups in total. The summed E-state index contributed by atoms with van der Waals surface area (Å²) >= 11 is 0. The molecule has 0 spiro atoms. The highest BCUT2D eigenvalue weighted by molar-refractivity contribution is 5.91. The molecule has 0 aromatic heterocycles. The van der Waals surface area contributed by atoms with E-state index in [4.69, 9.17) is 14.2 Å². The summed E-state index contributed by atoms with van der Waals surface area (Å²) in [7, 11) is 1.58. The van der Waals surface area contributed by atoms with Gasteiger partial charge in [0, 0.05) is 30.7 Å². The average Bonchev–Trinajstić information content (AvgIpc) is 2.46. The summed E-state index contributed by atoms with van der Waals surface area (Å²) in [6.07, 6.45) is 0.704. The van der Waals surface area contributed by atoms with E-state index in [1.54, 1.807) is 7.11 Å². The van der Waals surface area contributed by atoms with Gasteiger partial charge >= 0.3 is 5.97 Å². The van der Waals surface area contributed by atoms with Crippen LogP contribution in [0.1, 0.15) is 31.7 Å². The summed E-state index contributed by atoms with van der Waals surface area (Å²) in [5.74, 6) is 0.528. The van der Waals surface area contributed by atoms with Crippen LogP contribution in [0.4, 0.5) is 0 Å². The minimum atomic E-state index is -0.487. The van der Waals surface area contributed by atoms with Crippen LogP contribution in [0.3, 0.4) is 0 Å². The van der Waals surface area contributed by atoms with Gasteiger partial charge in [-0.2, -0.15) is 0 Å². The number of nitrogens with one attached hydrogen (secondary N) is 1. The molecule has 0 aliphatic carbocycles. The highest BCUT2D eigenvalue weighted by Gasteiger charge is 2.45. The average molecular weight is 303 g/mol. The normalized spacial score (nSPS) is 25.9. The Hall–Kier alpha value is -2.01. The first-order valence-electron chi connectivity index (χ1n) is 7.47. The molecule has 2 aliphatic rings. The smallest absolute Gasteiger partial charge is 0.336 e. The third-order valence-electron chi connectivity index (χ3n) is 4.17. The van der Waals surface area contributed by atoms with E-state index in [1.807, 2.05) is 38.1 Å². The molecule has 2 atom stereocenters. The van der Waals surface area contributed by atoms with Crippen LogP contribution >= 0.6 is 0 Å². The van der Waals surface area contributed by atoms with Gasteiger partial charge in [0.15, 0.2) is 5.72 Å². The van der Waals surface area contributed by atoms with Crippen LogP contribution in [0.2, 0.25) is 0 Å². The molecule has 0 fully saturated rings. The molecule has 3 rings (SSSR count). The molecule has 1 aromatic carbocycles. The number of rotatable bonds is 4. The number of esters is 1. The Kier molecular flexibility index (Phi) is 3.83. The number of hydrogen-bond donors (Lipinski definition) is 1. The zero-order valence-electron chi connectivity index (χ0n) is 13.1. The van der Waals surface area contributed by atoms with Gasteiger partial charge < -0.3 is 19.5 Å². The molecular weight excluding hydrogens is 282 g/mol. The van der Waals surface area contributed by atoms with Crippen LogP contribution in [0.15, 0.2) is 35.5 Å². The van der Waals surface area contributed by atoms with Crippen molar-refractivity contribution in [3.63, 3.8) is 0 Å². The Bertz CT molecular complexity index is 625. The number of carbonyl (C=O) groups is 1. The van der Waals surface area contributed by atoms with Crippen molar-refractivity contribution >= 4 is 5.97 Å². The van der Waals surface area contributed by atoms with E-state index in [0.717, 1.165) is 17.0 Å². The van der Waals surface area contributed by atoms with Crippen molar-refractivity contribution < 1.29 is 19.0 Å². The molecule has 1 aromatic rings. The van der Waals surface area contributed by atoms with Crippen molar-refractivity contribution in [3.8, 4) is 5.75 Å². The largest absolute Gasteiger partial charge is 0.468 e. The molecule has 118 valence electrons. The summed E-state index contributed by atoms with van der Waals surface area (Å²) in [6.45, 7) is 4.56. The maximum absolute atomic E-state index is 12.5. The maximum atomic E-state index is 12.5. The summed E-state index contributed by atoms with van der Waals surface area (Å²) in [4.78, 5) is 12.5. The SMILES string of the molecule is COCCOC(=O)C1=C(C)N[C@@]2(C)C[C@@H]1c1ccccc1O2. The number of carbonyl (C=O) groups excluding carboxylic acids is 1. The van der Waals surface area contributed by atoms with Crippen LogP contribution < -0.4 is 10.1 Å². The van der Waals surface area contributed by atoms with Crippen molar-refractivity contribution in [2.75, 3.05) is 20.3 Å². The Morgan fingerprint density at radius 2 is 2.18 bits per heavy atom. The van der Waals surface area contributed by atoms with Gasteiger partial charge in [0.2, 0.25) is 0 Å². The lowest BCUT2D eigenvalue weighted by Gasteiger charge is -2.45. The van der Waals surface area contributed by atoms with E-state index in [0.29, 0.717) is 18.6 Å². The standard InChI is InChI=1S/C17H21NO4/c1-11-15(16(19)21-9-8-20-3)13-10-17(2,18-11)22-14-7-5-4-6-12(13)14/h4-7,13,18H,8-10H2,1-3H3/t13-,17-/m1/s1. The van der Waals surface area contributed by atoms with Crippen molar-refractivity contribution in [2.45, 2.75) is 31.9 Å². The second kappa shape index (κ2) is 5.65. The predicted octanol–water partition coefficient (Wildman–Crippen LogP) is 2.34. The van der Waals surface area contributed by atoms with Crippen molar-refractivity contribution in [2.24, 2.45) is 0 Å². The van der Waals surface area contributed by atoms with Gasteiger partial charge in [0.1, 0.15) is 12.4 Å². The molecule has 2 bridgehead atoms.